The van der Waals surface area contributed by atoms with Crippen LogP contribution in [0.1, 0.15) is 52.7 Å². The topological polar surface area (TPSA) is 9.86 Å². The second kappa shape index (κ2) is 10.2. The summed E-state index contributed by atoms with van der Waals surface area (Å²) in [4.78, 5) is 0. The Morgan fingerprint density at radius 3 is 1.15 bits per heavy atom. The molecule has 8 aromatic rings. The molecule has 8 rings (SSSR count). The van der Waals surface area contributed by atoms with Crippen LogP contribution < -0.4 is 0 Å². The van der Waals surface area contributed by atoms with E-state index in [-0.39, 0.29) is 10.8 Å². The molecular weight excluding hydrogens is 556 g/mol. The summed E-state index contributed by atoms with van der Waals surface area (Å²) in [7, 11) is 0. The maximum absolute atomic E-state index is 2.44. The molecule has 0 atom stereocenters. The van der Waals surface area contributed by atoms with Crippen LogP contribution in [0.3, 0.4) is 0 Å². The first-order valence-electron chi connectivity index (χ1n) is 16.4. The monoisotopic (exact) mass is 596 g/mol. The molecule has 0 saturated heterocycles. The van der Waals surface area contributed by atoms with Crippen molar-refractivity contribution in [3.63, 3.8) is 0 Å². The van der Waals surface area contributed by atoms with Crippen molar-refractivity contribution in [1.29, 1.82) is 0 Å². The zero-order valence-corrected chi connectivity index (χ0v) is 27.6. The highest BCUT2D eigenvalue weighted by atomic mass is 15.0. The van der Waals surface area contributed by atoms with Crippen LogP contribution in [-0.4, -0.2) is 9.13 Å². The number of benzene rings is 6. The van der Waals surface area contributed by atoms with Gasteiger partial charge < -0.3 is 9.13 Å². The first kappa shape index (κ1) is 28.4. The molecule has 0 saturated carbocycles. The van der Waals surface area contributed by atoms with Gasteiger partial charge in [-0.2, -0.15) is 0 Å². The summed E-state index contributed by atoms with van der Waals surface area (Å²) >= 11 is 0. The fourth-order valence-corrected chi connectivity index (χ4v) is 7.08. The molecule has 0 aliphatic carbocycles. The minimum absolute atomic E-state index is 0.0677. The van der Waals surface area contributed by atoms with Crippen LogP contribution in [0.15, 0.2) is 133 Å². The minimum atomic E-state index is 0.0677. The fraction of sp³-hybridized carbons (Fsp3) is 0.182. The molecule has 6 aromatic carbocycles. The lowest BCUT2D eigenvalue weighted by Crippen LogP contribution is -2.10. The molecule has 0 aliphatic heterocycles. The molecule has 0 N–H and O–H groups in total. The lowest BCUT2D eigenvalue weighted by atomic mass is 9.86. The molecule has 0 unspecified atom stereocenters. The Balaban J connectivity index is 1.31. The molecular formula is C44H40N2. The number of hydrogen-bond donors (Lipinski definition) is 0. The summed E-state index contributed by atoms with van der Waals surface area (Å²) in [6.45, 7) is 13.7. The van der Waals surface area contributed by atoms with Gasteiger partial charge in [0.25, 0.3) is 0 Å². The summed E-state index contributed by atoms with van der Waals surface area (Å²) in [5.41, 5.74) is 12.5. The van der Waals surface area contributed by atoms with Crippen molar-refractivity contribution in [2.45, 2.75) is 52.4 Å². The lowest BCUT2D eigenvalue weighted by Gasteiger charge is -2.20. The molecule has 0 fully saturated rings. The van der Waals surface area contributed by atoms with Crippen LogP contribution in [0.2, 0.25) is 0 Å². The van der Waals surface area contributed by atoms with Crippen LogP contribution in [-0.2, 0) is 10.8 Å². The van der Waals surface area contributed by atoms with Crippen LogP contribution in [0, 0.1) is 0 Å². The third-order valence-corrected chi connectivity index (χ3v) is 9.62. The number of nitrogens with zero attached hydrogens (tertiary/aromatic N) is 2. The van der Waals surface area contributed by atoms with E-state index < -0.39 is 0 Å². The van der Waals surface area contributed by atoms with E-state index in [1.165, 1.54) is 77.2 Å². The molecule has 46 heavy (non-hydrogen) atoms. The largest absolute Gasteiger partial charge is 0.309 e. The Hall–Kier alpha value is -5.08. The van der Waals surface area contributed by atoms with Gasteiger partial charge >= 0.3 is 0 Å². The van der Waals surface area contributed by atoms with Crippen LogP contribution in [0.5, 0.6) is 0 Å². The summed E-state index contributed by atoms with van der Waals surface area (Å²) in [6, 6.07) is 49.6. The maximum atomic E-state index is 2.44. The Kier molecular flexibility index (Phi) is 6.31. The zero-order valence-electron chi connectivity index (χ0n) is 27.6. The summed E-state index contributed by atoms with van der Waals surface area (Å²) in [5, 5.41) is 5.15. The van der Waals surface area contributed by atoms with Gasteiger partial charge in [0.2, 0.25) is 0 Å². The van der Waals surface area contributed by atoms with Crippen molar-refractivity contribution in [2.75, 3.05) is 0 Å². The summed E-state index contributed by atoms with van der Waals surface area (Å²) < 4.78 is 4.88. The molecule has 0 spiro atoms. The highest BCUT2D eigenvalue weighted by Gasteiger charge is 2.20. The SMILES string of the molecule is CC(C)(C)c1ccc2c3ccccc3n(-c3cccc(-c4cccc(-n5c6ccccc6c6ccc(C(C)(C)C)cc65)c4)c3)c2c1. The summed E-state index contributed by atoms with van der Waals surface area (Å²) in [6.07, 6.45) is 0. The molecule has 0 radical (unpaired) electrons. The molecule has 2 nitrogen and oxygen atoms in total. The molecule has 2 aromatic heterocycles. The van der Waals surface area contributed by atoms with Crippen molar-refractivity contribution < 1.29 is 0 Å². The first-order chi connectivity index (χ1) is 22.1. The van der Waals surface area contributed by atoms with Gasteiger partial charge in [0.05, 0.1) is 22.1 Å². The van der Waals surface area contributed by atoms with Gasteiger partial charge in [-0.3, -0.25) is 0 Å². The van der Waals surface area contributed by atoms with E-state index in [1.54, 1.807) is 0 Å². The molecule has 2 heterocycles. The first-order valence-corrected chi connectivity index (χ1v) is 16.4. The highest BCUT2D eigenvalue weighted by molar-refractivity contribution is 6.10. The van der Waals surface area contributed by atoms with E-state index in [2.05, 4.69) is 184 Å². The average molecular weight is 597 g/mol. The smallest absolute Gasteiger partial charge is 0.0544 e. The number of fused-ring (bicyclic) bond motifs is 6. The second-order valence-corrected chi connectivity index (χ2v) is 14.8. The van der Waals surface area contributed by atoms with Crippen molar-refractivity contribution in [2.24, 2.45) is 0 Å². The van der Waals surface area contributed by atoms with E-state index in [9.17, 15) is 0 Å². The molecule has 0 aliphatic rings. The third kappa shape index (κ3) is 4.55. The Bertz CT molecular complexity index is 2260. The highest BCUT2D eigenvalue weighted by Crippen LogP contribution is 2.38. The third-order valence-electron chi connectivity index (χ3n) is 9.62. The normalized spacial score (nSPS) is 12.6. The zero-order chi connectivity index (χ0) is 31.8. The fourth-order valence-electron chi connectivity index (χ4n) is 7.08. The molecule has 2 heteroatoms. The predicted molar refractivity (Wildman–Crippen MR) is 198 cm³/mol. The standard InChI is InChI=1S/C44H40N2/c1-43(2,3)31-21-23-37-35-17-7-9-19-39(35)45(41(37)27-31)33-15-11-13-29(25-33)30-14-12-16-34(26-30)46-40-20-10-8-18-36(40)38-24-22-32(28-42(38)46)44(4,5)6/h7-28H,1-6H3. The number of rotatable bonds is 3. The van der Waals surface area contributed by atoms with Crippen LogP contribution in [0.25, 0.3) is 66.1 Å². The van der Waals surface area contributed by atoms with Gasteiger partial charge in [0.15, 0.2) is 0 Å². The summed E-state index contributed by atoms with van der Waals surface area (Å²) in [5.74, 6) is 0. The van der Waals surface area contributed by atoms with Crippen LogP contribution >= 0.6 is 0 Å². The van der Waals surface area contributed by atoms with Crippen molar-refractivity contribution >= 4 is 43.6 Å². The van der Waals surface area contributed by atoms with Gasteiger partial charge in [-0.05, 0) is 81.6 Å². The predicted octanol–water partition coefficient (Wildman–Crippen LogP) is 12.1. The minimum Gasteiger partial charge on any atom is -0.309 e. The van der Waals surface area contributed by atoms with Crippen molar-refractivity contribution in [1.82, 2.24) is 9.13 Å². The van der Waals surface area contributed by atoms with Gasteiger partial charge in [-0.15, -0.1) is 0 Å². The molecule has 0 amide bonds. The van der Waals surface area contributed by atoms with E-state index in [1.807, 2.05) is 0 Å². The van der Waals surface area contributed by atoms with Gasteiger partial charge in [0.1, 0.15) is 0 Å². The quantitative estimate of drug-likeness (QED) is 0.192. The van der Waals surface area contributed by atoms with Gasteiger partial charge in [-0.1, -0.05) is 126 Å². The molecule has 226 valence electrons. The van der Waals surface area contributed by atoms with E-state index >= 15 is 0 Å². The Labute approximate surface area is 271 Å². The maximum Gasteiger partial charge on any atom is 0.0544 e. The average Bonchev–Trinajstić information content (AvgIpc) is 3.56. The van der Waals surface area contributed by atoms with E-state index in [4.69, 9.17) is 0 Å². The van der Waals surface area contributed by atoms with Crippen molar-refractivity contribution in [3.05, 3.63) is 145 Å². The Morgan fingerprint density at radius 1 is 0.348 bits per heavy atom. The van der Waals surface area contributed by atoms with Crippen LogP contribution in [0.4, 0.5) is 0 Å². The number of hydrogen-bond acceptors (Lipinski definition) is 0. The molecule has 0 bridgehead atoms. The number of para-hydroxylation sites is 2. The second-order valence-electron chi connectivity index (χ2n) is 14.8. The number of aromatic nitrogens is 2. The lowest BCUT2D eigenvalue weighted by molar-refractivity contribution is 0.590. The van der Waals surface area contributed by atoms with E-state index in [0.717, 1.165) is 0 Å². The van der Waals surface area contributed by atoms with Gasteiger partial charge in [-0.25, -0.2) is 0 Å². The Morgan fingerprint density at radius 2 is 0.739 bits per heavy atom. The van der Waals surface area contributed by atoms with E-state index in [0.29, 0.717) is 0 Å². The van der Waals surface area contributed by atoms with Crippen molar-refractivity contribution in [3.8, 4) is 22.5 Å². The van der Waals surface area contributed by atoms with Gasteiger partial charge in [0, 0.05) is 32.9 Å².